The van der Waals surface area contributed by atoms with Crippen molar-refractivity contribution in [2.75, 3.05) is 6.61 Å². The first-order valence-electron chi connectivity index (χ1n) is 10.4. The van der Waals surface area contributed by atoms with Gasteiger partial charge in [-0.2, -0.15) is 0 Å². The smallest absolute Gasteiger partial charge is 0.253 e. The molecule has 2 heterocycles. The minimum Gasteiger partial charge on any atom is -0.377 e. The molecular weight excluding hydrogens is 388 g/mol. The van der Waals surface area contributed by atoms with Gasteiger partial charge in [-0.25, -0.2) is 13.8 Å². The molecule has 5 nitrogen and oxygen atoms in total. The van der Waals surface area contributed by atoms with Crippen LogP contribution in [0.15, 0.2) is 35.3 Å². The number of aryl methyl sites for hydroxylation is 2. The predicted molar refractivity (Wildman–Crippen MR) is 113 cm³/mol. The van der Waals surface area contributed by atoms with Gasteiger partial charge in [0.05, 0.1) is 23.7 Å². The zero-order valence-electron chi connectivity index (χ0n) is 17.8. The van der Waals surface area contributed by atoms with Crippen molar-refractivity contribution in [2.45, 2.75) is 58.1 Å². The van der Waals surface area contributed by atoms with Crippen molar-refractivity contribution in [3.63, 3.8) is 0 Å². The molecule has 0 aliphatic heterocycles. The molecule has 1 aromatic carbocycles. The Labute approximate surface area is 174 Å². The molecule has 7 heteroatoms. The van der Waals surface area contributed by atoms with Gasteiger partial charge in [-0.1, -0.05) is 6.07 Å². The maximum atomic E-state index is 13.5. The van der Waals surface area contributed by atoms with Gasteiger partial charge in [0.1, 0.15) is 5.82 Å². The zero-order chi connectivity index (χ0) is 21.6. The van der Waals surface area contributed by atoms with Gasteiger partial charge >= 0.3 is 0 Å². The summed E-state index contributed by atoms with van der Waals surface area (Å²) in [7, 11) is 1.74. The lowest BCUT2D eigenvalue weighted by Crippen LogP contribution is -2.35. The van der Waals surface area contributed by atoms with Crippen molar-refractivity contribution < 1.29 is 13.5 Å². The van der Waals surface area contributed by atoms with Crippen LogP contribution in [-0.2, 0) is 18.3 Å². The van der Waals surface area contributed by atoms with Gasteiger partial charge < -0.3 is 13.9 Å². The van der Waals surface area contributed by atoms with Crippen LogP contribution in [0.25, 0.3) is 22.2 Å². The van der Waals surface area contributed by atoms with E-state index < -0.39 is 5.92 Å². The Hall–Kier alpha value is -2.54. The summed E-state index contributed by atoms with van der Waals surface area (Å²) in [5.74, 6) is -2.14. The number of rotatable bonds is 6. The van der Waals surface area contributed by atoms with E-state index in [0.29, 0.717) is 24.5 Å². The molecule has 0 radical (unpaired) electrons. The maximum Gasteiger partial charge on any atom is 0.253 e. The van der Waals surface area contributed by atoms with Crippen LogP contribution in [0.2, 0.25) is 0 Å². The van der Waals surface area contributed by atoms with Crippen LogP contribution in [0, 0.1) is 6.92 Å². The summed E-state index contributed by atoms with van der Waals surface area (Å²) in [6, 6.07) is 7.79. The maximum absolute atomic E-state index is 13.5. The number of aromatic nitrogens is 3. The average molecular weight is 415 g/mol. The van der Waals surface area contributed by atoms with Crippen LogP contribution in [0.1, 0.15) is 44.0 Å². The normalized spacial score (nSPS) is 17.3. The van der Waals surface area contributed by atoms with Crippen molar-refractivity contribution in [3.05, 3.63) is 52.2 Å². The molecule has 3 aromatic rings. The molecule has 0 spiro atoms. The van der Waals surface area contributed by atoms with Crippen LogP contribution in [0.4, 0.5) is 8.78 Å². The van der Waals surface area contributed by atoms with Gasteiger partial charge in [0.25, 0.3) is 5.56 Å². The van der Waals surface area contributed by atoms with Gasteiger partial charge in [-0.3, -0.25) is 4.79 Å². The fraction of sp³-hybridized carbons (Fsp3) is 0.478. The van der Waals surface area contributed by atoms with Gasteiger partial charge in [-0.05, 0) is 50.1 Å². The molecular formula is C23H27F2N3O2. The number of nitrogens with zero attached hydrogens (tertiary/aromatic N) is 3. The molecule has 1 atom stereocenters. The standard InChI is InChI=1S/C23H27F2N3O2/c1-5-30-15(3)12-28-20-9-16(17-8-14(2)22(29)27(4)13-17)6-7-19(20)26-21(28)18-10-23(24,25)11-18/h6-9,13,15,18H,5,10-12H2,1-4H3. The number of benzene rings is 1. The summed E-state index contributed by atoms with van der Waals surface area (Å²) < 4.78 is 36.4. The van der Waals surface area contributed by atoms with E-state index in [4.69, 9.17) is 9.72 Å². The quantitative estimate of drug-likeness (QED) is 0.589. The summed E-state index contributed by atoms with van der Waals surface area (Å²) in [6.07, 6.45) is 1.43. The Kier molecular flexibility index (Phi) is 5.26. The Morgan fingerprint density at radius 3 is 2.63 bits per heavy atom. The summed E-state index contributed by atoms with van der Waals surface area (Å²) in [4.78, 5) is 16.8. The number of imidazole rings is 1. The minimum absolute atomic E-state index is 0.0244. The summed E-state index contributed by atoms with van der Waals surface area (Å²) in [5.41, 5.74) is 4.22. The number of pyridine rings is 1. The Morgan fingerprint density at radius 2 is 2.00 bits per heavy atom. The fourth-order valence-electron chi connectivity index (χ4n) is 4.30. The second-order valence-electron chi connectivity index (χ2n) is 8.34. The Balaban J connectivity index is 1.81. The molecule has 0 saturated heterocycles. The van der Waals surface area contributed by atoms with Crippen molar-refractivity contribution in [1.29, 1.82) is 0 Å². The average Bonchev–Trinajstić information content (AvgIpc) is 3.01. The monoisotopic (exact) mass is 415 g/mol. The predicted octanol–water partition coefficient (Wildman–Crippen LogP) is 4.65. The second kappa shape index (κ2) is 7.61. The Bertz CT molecular complexity index is 1120. The molecule has 1 aliphatic carbocycles. The van der Waals surface area contributed by atoms with Crippen molar-refractivity contribution in [3.8, 4) is 11.1 Å². The second-order valence-corrected chi connectivity index (χ2v) is 8.34. The largest absolute Gasteiger partial charge is 0.377 e. The van der Waals surface area contributed by atoms with Crippen LogP contribution >= 0.6 is 0 Å². The lowest BCUT2D eigenvalue weighted by Gasteiger charge is -2.34. The van der Waals surface area contributed by atoms with Gasteiger partial charge in [-0.15, -0.1) is 0 Å². The minimum atomic E-state index is -2.60. The molecule has 1 aliphatic rings. The molecule has 160 valence electrons. The van der Waals surface area contributed by atoms with Crippen LogP contribution in [0.5, 0.6) is 0 Å². The number of hydrogen-bond donors (Lipinski definition) is 0. The van der Waals surface area contributed by atoms with E-state index >= 15 is 0 Å². The highest BCUT2D eigenvalue weighted by Gasteiger charge is 2.48. The van der Waals surface area contributed by atoms with Gasteiger partial charge in [0.15, 0.2) is 0 Å². The van der Waals surface area contributed by atoms with E-state index in [2.05, 4.69) is 0 Å². The van der Waals surface area contributed by atoms with Crippen molar-refractivity contribution in [1.82, 2.24) is 14.1 Å². The van der Waals surface area contributed by atoms with E-state index in [1.807, 2.05) is 48.9 Å². The van der Waals surface area contributed by atoms with E-state index in [1.165, 1.54) is 0 Å². The summed E-state index contributed by atoms with van der Waals surface area (Å²) in [6.45, 7) is 6.86. The van der Waals surface area contributed by atoms with Gasteiger partial charge in [0.2, 0.25) is 5.92 Å². The van der Waals surface area contributed by atoms with E-state index in [-0.39, 0.29) is 30.4 Å². The van der Waals surface area contributed by atoms with Crippen LogP contribution in [-0.4, -0.2) is 32.8 Å². The van der Waals surface area contributed by atoms with Crippen LogP contribution < -0.4 is 5.56 Å². The van der Waals surface area contributed by atoms with E-state index in [0.717, 1.165) is 22.2 Å². The number of halogens is 2. The lowest BCUT2D eigenvalue weighted by molar-refractivity contribution is -0.0892. The summed E-state index contributed by atoms with van der Waals surface area (Å²) in [5, 5.41) is 0. The zero-order valence-corrected chi connectivity index (χ0v) is 17.8. The number of hydrogen-bond acceptors (Lipinski definition) is 3. The highest BCUT2D eigenvalue weighted by atomic mass is 19.3. The molecule has 0 N–H and O–H groups in total. The van der Waals surface area contributed by atoms with Crippen molar-refractivity contribution >= 4 is 11.0 Å². The molecule has 30 heavy (non-hydrogen) atoms. The molecule has 0 amide bonds. The van der Waals surface area contributed by atoms with E-state index in [1.54, 1.807) is 18.5 Å². The SMILES string of the molecule is CCOC(C)Cn1c(C2CC(F)(F)C2)nc2ccc(-c3cc(C)c(=O)n(C)c3)cc21. The van der Waals surface area contributed by atoms with Crippen molar-refractivity contribution in [2.24, 2.45) is 7.05 Å². The molecule has 2 aromatic heterocycles. The lowest BCUT2D eigenvalue weighted by atomic mass is 9.80. The molecule has 4 rings (SSSR count). The third-order valence-electron chi connectivity index (χ3n) is 5.82. The molecule has 1 unspecified atom stereocenters. The first-order chi connectivity index (χ1) is 14.2. The third kappa shape index (κ3) is 3.78. The molecule has 1 saturated carbocycles. The number of ether oxygens (including phenoxy) is 1. The highest BCUT2D eigenvalue weighted by Crippen LogP contribution is 2.48. The summed E-state index contributed by atoms with van der Waals surface area (Å²) >= 11 is 0. The third-order valence-corrected chi connectivity index (χ3v) is 5.82. The fourth-order valence-corrected chi connectivity index (χ4v) is 4.30. The van der Waals surface area contributed by atoms with E-state index in [9.17, 15) is 13.6 Å². The first kappa shape index (κ1) is 20.7. The highest BCUT2D eigenvalue weighted by molar-refractivity contribution is 5.83. The molecule has 1 fully saturated rings. The number of fused-ring (bicyclic) bond motifs is 1. The number of alkyl halides is 2. The first-order valence-corrected chi connectivity index (χ1v) is 10.4. The van der Waals surface area contributed by atoms with Gasteiger partial charge in [0, 0.05) is 44.2 Å². The molecule has 0 bridgehead atoms. The topological polar surface area (TPSA) is 49.1 Å². The van der Waals surface area contributed by atoms with Crippen LogP contribution in [0.3, 0.4) is 0 Å². The Morgan fingerprint density at radius 1 is 1.27 bits per heavy atom.